The first-order valence-electron chi connectivity index (χ1n) is 6.58. The Labute approximate surface area is 124 Å². The minimum atomic E-state index is -0.137. The SMILES string of the molecule is Cc1ccc(C)c(C(=O)Nc2ccc(OCC#N)cc2)c1. The zero-order valence-corrected chi connectivity index (χ0v) is 12.0. The molecule has 0 aliphatic carbocycles. The van der Waals surface area contributed by atoms with Gasteiger partial charge in [0.05, 0.1) is 0 Å². The third-order valence-corrected chi connectivity index (χ3v) is 3.05. The summed E-state index contributed by atoms with van der Waals surface area (Å²) >= 11 is 0. The summed E-state index contributed by atoms with van der Waals surface area (Å²) in [5.74, 6) is 0.461. The molecule has 0 bridgehead atoms. The molecule has 0 atom stereocenters. The Morgan fingerprint density at radius 3 is 2.57 bits per heavy atom. The number of rotatable bonds is 4. The number of nitrogens with zero attached hydrogens (tertiary/aromatic N) is 1. The lowest BCUT2D eigenvalue weighted by Gasteiger charge is -2.09. The summed E-state index contributed by atoms with van der Waals surface area (Å²) in [6.45, 7) is 3.87. The molecule has 0 saturated carbocycles. The number of carbonyl (C=O) groups is 1. The fourth-order valence-corrected chi connectivity index (χ4v) is 1.93. The van der Waals surface area contributed by atoms with Crippen LogP contribution in [-0.2, 0) is 0 Å². The third-order valence-electron chi connectivity index (χ3n) is 3.05. The van der Waals surface area contributed by atoms with E-state index in [0.29, 0.717) is 17.0 Å². The van der Waals surface area contributed by atoms with Gasteiger partial charge in [-0.25, -0.2) is 0 Å². The Balaban J connectivity index is 2.09. The highest BCUT2D eigenvalue weighted by molar-refractivity contribution is 6.05. The highest BCUT2D eigenvalue weighted by atomic mass is 16.5. The summed E-state index contributed by atoms with van der Waals surface area (Å²) in [5.41, 5.74) is 3.34. The highest BCUT2D eigenvalue weighted by Crippen LogP contribution is 2.18. The first kappa shape index (κ1) is 14.6. The minimum Gasteiger partial charge on any atom is -0.479 e. The Bertz CT molecular complexity index is 685. The van der Waals surface area contributed by atoms with E-state index in [1.54, 1.807) is 24.3 Å². The summed E-state index contributed by atoms with van der Waals surface area (Å²) in [7, 11) is 0. The van der Waals surface area contributed by atoms with Crippen LogP contribution in [0.15, 0.2) is 42.5 Å². The fraction of sp³-hybridized carbons (Fsp3) is 0.176. The summed E-state index contributed by atoms with van der Waals surface area (Å²) < 4.78 is 5.16. The van der Waals surface area contributed by atoms with E-state index in [9.17, 15) is 4.79 Å². The van der Waals surface area contributed by atoms with Crippen LogP contribution in [0.1, 0.15) is 21.5 Å². The molecule has 2 aromatic carbocycles. The van der Waals surface area contributed by atoms with Crippen LogP contribution in [0.3, 0.4) is 0 Å². The van der Waals surface area contributed by atoms with Crippen molar-refractivity contribution in [2.45, 2.75) is 13.8 Å². The van der Waals surface area contributed by atoms with Crippen LogP contribution in [0, 0.1) is 25.2 Å². The molecule has 0 aromatic heterocycles. The Hall–Kier alpha value is -2.80. The van der Waals surface area contributed by atoms with Gasteiger partial charge in [0, 0.05) is 11.3 Å². The third kappa shape index (κ3) is 3.83. The maximum absolute atomic E-state index is 12.3. The second kappa shape index (κ2) is 6.58. The molecule has 0 spiro atoms. The molecule has 0 heterocycles. The smallest absolute Gasteiger partial charge is 0.255 e. The molecule has 2 aromatic rings. The van der Waals surface area contributed by atoms with Crippen molar-refractivity contribution in [3.05, 3.63) is 59.2 Å². The first-order valence-corrected chi connectivity index (χ1v) is 6.58. The Kier molecular flexibility index (Phi) is 4.57. The van der Waals surface area contributed by atoms with Gasteiger partial charge in [-0.2, -0.15) is 5.26 Å². The molecule has 21 heavy (non-hydrogen) atoms. The van der Waals surface area contributed by atoms with Gasteiger partial charge < -0.3 is 10.1 Å². The summed E-state index contributed by atoms with van der Waals surface area (Å²) in [6.07, 6.45) is 0. The van der Waals surface area contributed by atoms with Crippen LogP contribution in [0.25, 0.3) is 0 Å². The van der Waals surface area contributed by atoms with Crippen LogP contribution in [0.2, 0.25) is 0 Å². The van der Waals surface area contributed by atoms with Gasteiger partial charge in [-0.3, -0.25) is 4.79 Å². The van der Waals surface area contributed by atoms with E-state index in [0.717, 1.165) is 11.1 Å². The van der Waals surface area contributed by atoms with Crippen LogP contribution < -0.4 is 10.1 Å². The van der Waals surface area contributed by atoms with Crippen LogP contribution in [-0.4, -0.2) is 12.5 Å². The van der Waals surface area contributed by atoms with Gasteiger partial charge >= 0.3 is 0 Å². The molecule has 0 unspecified atom stereocenters. The number of nitriles is 1. The van der Waals surface area contributed by atoms with Gasteiger partial charge in [-0.15, -0.1) is 0 Å². The van der Waals surface area contributed by atoms with E-state index in [-0.39, 0.29) is 12.5 Å². The van der Waals surface area contributed by atoms with Crippen LogP contribution in [0.4, 0.5) is 5.69 Å². The fourth-order valence-electron chi connectivity index (χ4n) is 1.93. The molecule has 4 heteroatoms. The summed E-state index contributed by atoms with van der Waals surface area (Å²) in [4.78, 5) is 12.3. The van der Waals surface area contributed by atoms with Crippen molar-refractivity contribution < 1.29 is 9.53 Å². The van der Waals surface area contributed by atoms with Crippen LogP contribution >= 0.6 is 0 Å². The van der Waals surface area contributed by atoms with Gasteiger partial charge in [0.15, 0.2) is 6.61 Å². The number of anilines is 1. The lowest BCUT2D eigenvalue weighted by Crippen LogP contribution is -2.13. The van der Waals surface area contributed by atoms with E-state index in [1.165, 1.54) is 0 Å². The monoisotopic (exact) mass is 280 g/mol. The molecule has 0 fully saturated rings. The first-order chi connectivity index (χ1) is 10.1. The van der Waals surface area contributed by atoms with Crippen molar-refractivity contribution in [1.82, 2.24) is 0 Å². The maximum atomic E-state index is 12.3. The summed E-state index contributed by atoms with van der Waals surface area (Å²) in [5, 5.41) is 11.3. The second-order valence-electron chi connectivity index (χ2n) is 4.74. The number of aryl methyl sites for hydroxylation is 2. The average Bonchev–Trinajstić information content (AvgIpc) is 2.49. The van der Waals surface area contributed by atoms with Gasteiger partial charge in [-0.05, 0) is 49.7 Å². The van der Waals surface area contributed by atoms with Crippen molar-refractivity contribution in [3.63, 3.8) is 0 Å². The Morgan fingerprint density at radius 1 is 1.19 bits per heavy atom. The highest BCUT2D eigenvalue weighted by Gasteiger charge is 2.09. The van der Waals surface area contributed by atoms with Crippen molar-refractivity contribution >= 4 is 11.6 Å². The van der Waals surface area contributed by atoms with Crippen LogP contribution in [0.5, 0.6) is 5.75 Å². The zero-order valence-electron chi connectivity index (χ0n) is 12.0. The van der Waals surface area contributed by atoms with E-state index in [1.807, 2.05) is 38.1 Å². The molecule has 0 saturated heterocycles. The Morgan fingerprint density at radius 2 is 1.90 bits per heavy atom. The van der Waals surface area contributed by atoms with E-state index in [4.69, 9.17) is 10.00 Å². The molecule has 2 rings (SSSR count). The molecule has 0 aliphatic heterocycles. The number of carbonyl (C=O) groups excluding carboxylic acids is 1. The topological polar surface area (TPSA) is 62.1 Å². The molecular weight excluding hydrogens is 264 g/mol. The van der Waals surface area contributed by atoms with Crippen molar-refractivity contribution in [1.29, 1.82) is 5.26 Å². The van der Waals surface area contributed by atoms with Gasteiger partial charge in [0.1, 0.15) is 11.8 Å². The number of ether oxygens (including phenoxy) is 1. The standard InChI is InChI=1S/C17H16N2O2/c1-12-3-4-13(2)16(11-12)17(20)19-14-5-7-15(8-6-14)21-10-9-18/h3-8,11H,10H2,1-2H3,(H,19,20). The van der Waals surface area contributed by atoms with E-state index < -0.39 is 0 Å². The van der Waals surface area contributed by atoms with Crippen molar-refractivity contribution in [2.75, 3.05) is 11.9 Å². The predicted octanol–water partition coefficient (Wildman–Crippen LogP) is 3.46. The lowest BCUT2D eigenvalue weighted by molar-refractivity contribution is 0.102. The molecule has 0 radical (unpaired) electrons. The molecule has 4 nitrogen and oxygen atoms in total. The number of benzene rings is 2. The molecule has 1 amide bonds. The molecule has 106 valence electrons. The number of hydrogen-bond acceptors (Lipinski definition) is 3. The molecule has 1 N–H and O–H groups in total. The average molecular weight is 280 g/mol. The van der Waals surface area contributed by atoms with E-state index >= 15 is 0 Å². The molecular formula is C17H16N2O2. The van der Waals surface area contributed by atoms with Crippen molar-refractivity contribution in [2.24, 2.45) is 0 Å². The largest absolute Gasteiger partial charge is 0.479 e. The van der Waals surface area contributed by atoms with Gasteiger partial charge in [0.25, 0.3) is 5.91 Å². The zero-order chi connectivity index (χ0) is 15.2. The normalized spacial score (nSPS) is 9.76. The summed E-state index contributed by atoms with van der Waals surface area (Å²) in [6, 6.07) is 14.6. The van der Waals surface area contributed by atoms with Gasteiger partial charge in [-0.1, -0.05) is 17.7 Å². The van der Waals surface area contributed by atoms with E-state index in [2.05, 4.69) is 5.32 Å². The minimum absolute atomic E-state index is 0.00813. The number of hydrogen-bond donors (Lipinski definition) is 1. The quantitative estimate of drug-likeness (QED) is 0.932. The second-order valence-corrected chi connectivity index (χ2v) is 4.74. The van der Waals surface area contributed by atoms with Gasteiger partial charge in [0.2, 0.25) is 0 Å². The van der Waals surface area contributed by atoms with Crippen molar-refractivity contribution in [3.8, 4) is 11.8 Å². The number of amides is 1. The molecule has 0 aliphatic rings. The number of nitrogens with one attached hydrogen (secondary N) is 1. The predicted molar refractivity (Wildman–Crippen MR) is 81.4 cm³/mol. The maximum Gasteiger partial charge on any atom is 0.255 e. The lowest BCUT2D eigenvalue weighted by atomic mass is 10.1.